The van der Waals surface area contributed by atoms with Crippen molar-refractivity contribution < 1.29 is 9.59 Å². The molecule has 0 saturated carbocycles. The van der Waals surface area contributed by atoms with Gasteiger partial charge in [0.15, 0.2) is 0 Å². The van der Waals surface area contributed by atoms with Crippen LogP contribution in [0.25, 0.3) is 0 Å². The Kier molecular flexibility index (Phi) is 6.22. The van der Waals surface area contributed by atoms with Crippen molar-refractivity contribution in [2.45, 2.75) is 32.2 Å². The number of nitrogens with zero attached hydrogens (tertiary/aromatic N) is 3. The van der Waals surface area contributed by atoms with E-state index in [1.807, 2.05) is 61.3 Å². The Labute approximate surface area is 161 Å². The SMILES string of the molecule is CC(c1ccncc1)N(C)C(=O)C1CCCN(C(=O)Cc2ccccc2)C1. The molecule has 27 heavy (non-hydrogen) atoms. The smallest absolute Gasteiger partial charge is 0.227 e. The largest absolute Gasteiger partial charge is 0.342 e. The van der Waals surface area contributed by atoms with Crippen LogP contribution in [-0.4, -0.2) is 46.7 Å². The molecule has 2 atom stereocenters. The van der Waals surface area contributed by atoms with E-state index < -0.39 is 0 Å². The first-order chi connectivity index (χ1) is 13.1. The first-order valence-corrected chi connectivity index (χ1v) is 9.54. The van der Waals surface area contributed by atoms with E-state index in [0.717, 1.165) is 30.5 Å². The van der Waals surface area contributed by atoms with Crippen LogP contribution in [0.4, 0.5) is 0 Å². The van der Waals surface area contributed by atoms with Gasteiger partial charge in [-0.2, -0.15) is 0 Å². The second kappa shape index (κ2) is 8.80. The van der Waals surface area contributed by atoms with Crippen LogP contribution in [0.15, 0.2) is 54.9 Å². The Morgan fingerprint density at radius 2 is 1.89 bits per heavy atom. The minimum absolute atomic E-state index is 0.0177. The molecule has 1 aromatic heterocycles. The second-order valence-corrected chi connectivity index (χ2v) is 7.25. The van der Waals surface area contributed by atoms with Crippen LogP contribution in [0.1, 0.15) is 36.9 Å². The van der Waals surface area contributed by atoms with Crippen molar-refractivity contribution in [1.82, 2.24) is 14.8 Å². The molecule has 2 amide bonds. The lowest BCUT2D eigenvalue weighted by Crippen LogP contribution is -2.46. The number of pyridine rings is 1. The fourth-order valence-electron chi connectivity index (χ4n) is 3.63. The molecule has 1 saturated heterocycles. The summed E-state index contributed by atoms with van der Waals surface area (Å²) in [6.45, 7) is 3.27. The lowest BCUT2D eigenvalue weighted by Gasteiger charge is -2.36. The highest BCUT2D eigenvalue weighted by Crippen LogP contribution is 2.24. The minimum atomic E-state index is -0.132. The standard InChI is InChI=1S/C22H27N3O2/c1-17(19-10-12-23-13-11-19)24(2)22(27)20-9-6-14-25(16-20)21(26)15-18-7-4-3-5-8-18/h3-5,7-8,10-13,17,20H,6,9,14-16H2,1-2H3. The molecule has 1 aromatic carbocycles. The fourth-order valence-corrected chi connectivity index (χ4v) is 3.63. The van der Waals surface area contributed by atoms with Gasteiger partial charge in [0.25, 0.3) is 0 Å². The number of rotatable bonds is 5. The van der Waals surface area contributed by atoms with Crippen LogP contribution in [0.3, 0.4) is 0 Å². The quantitative estimate of drug-likeness (QED) is 0.818. The van der Waals surface area contributed by atoms with Gasteiger partial charge in [0, 0.05) is 32.5 Å². The molecular formula is C22H27N3O2. The molecule has 0 radical (unpaired) electrons. The van der Waals surface area contributed by atoms with E-state index in [9.17, 15) is 9.59 Å². The van der Waals surface area contributed by atoms with Gasteiger partial charge in [-0.15, -0.1) is 0 Å². The summed E-state index contributed by atoms with van der Waals surface area (Å²) < 4.78 is 0. The number of amides is 2. The maximum Gasteiger partial charge on any atom is 0.227 e. The summed E-state index contributed by atoms with van der Waals surface area (Å²) in [6, 6.07) is 13.6. The second-order valence-electron chi connectivity index (χ2n) is 7.25. The van der Waals surface area contributed by atoms with Crippen molar-refractivity contribution in [3.8, 4) is 0 Å². The number of likely N-dealkylation sites (tertiary alicyclic amines) is 1. The van der Waals surface area contributed by atoms with Crippen LogP contribution >= 0.6 is 0 Å². The van der Waals surface area contributed by atoms with Crippen LogP contribution in [0.2, 0.25) is 0 Å². The third kappa shape index (κ3) is 4.73. The molecule has 0 N–H and O–H groups in total. The van der Waals surface area contributed by atoms with Crippen molar-refractivity contribution in [2.24, 2.45) is 5.92 Å². The molecule has 142 valence electrons. The Hall–Kier alpha value is -2.69. The molecule has 1 aliphatic rings. The van der Waals surface area contributed by atoms with Crippen molar-refractivity contribution in [3.63, 3.8) is 0 Å². The van der Waals surface area contributed by atoms with Crippen molar-refractivity contribution >= 4 is 11.8 Å². The summed E-state index contributed by atoms with van der Waals surface area (Å²) in [7, 11) is 1.85. The van der Waals surface area contributed by atoms with Crippen LogP contribution in [0.5, 0.6) is 0 Å². The summed E-state index contributed by atoms with van der Waals surface area (Å²) in [6.07, 6.45) is 5.59. The third-order valence-electron chi connectivity index (χ3n) is 5.44. The number of carbonyl (C=O) groups is 2. The molecular weight excluding hydrogens is 338 g/mol. The Morgan fingerprint density at radius 1 is 1.19 bits per heavy atom. The normalized spacial score (nSPS) is 18.0. The van der Waals surface area contributed by atoms with Crippen molar-refractivity contribution in [2.75, 3.05) is 20.1 Å². The molecule has 0 bridgehead atoms. The Morgan fingerprint density at radius 3 is 2.59 bits per heavy atom. The Bertz CT molecular complexity index is 764. The summed E-state index contributed by atoms with van der Waals surface area (Å²) in [4.78, 5) is 33.4. The van der Waals surface area contributed by atoms with E-state index in [1.165, 1.54) is 0 Å². The average Bonchev–Trinajstić information content (AvgIpc) is 2.73. The van der Waals surface area contributed by atoms with Crippen LogP contribution < -0.4 is 0 Å². The summed E-state index contributed by atoms with van der Waals surface area (Å²) >= 11 is 0. The highest BCUT2D eigenvalue weighted by molar-refractivity contribution is 5.82. The topological polar surface area (TPSA) is 53.5 Å². The van der Waals surface area contributed by atoms with E-state index in [2.05, 4.69) is 4.98 Å². The van der Waals surface area contributed by atoms with E-state index in [-0.39, 0.29) is 23.8 Å². The summed E-state index contributed by atoms with van der Waals surface area (Å²) in [5.74, 6) is 0.0767. The number of hydrogen-bond donors (Lipinski definition) is 0. The number of carbonyl (C=O) groups excluding carboxylic acids is 2. The average molecular weight is 365 g/mol. The zero-order valence-electron chi connectivity index (χ0n) is 16.0. The molecule has 2 heterocycles. The monoisotopic (exact) mass is 365 g/mol. The maximum atomic E-state index is 13.0. The van der Waals surface area contributed by atoms with E-state index in [4.69, 9.17) is 0 Å². The van der Waals surface area contributed by atoms with Crippen molar-refractivity contribution in [1.29, 1.82) is 0 Å². The lowest BCUT2D eigenvalue weighted by molar-refractivity contribution is -0.141. The van der Waals surface area contributed by atoms with E-state index in [0.29, 0.717) is 13.0 Å². The first kappa shape index (κ1) is 19.1. The van der Waals surface area contributed by atoms with Gasteiger partial charge in [-0.25, -0.2) is 0 Å². The van der Waals surface area contributed by atoms with Gasteiger partial charge < -0.3 is 9.80 Å². The van der Waals surface area contributed by atoms with Gasteiger partial charge in [-0.1, -0.05) is 30.3 Å². The molecule has 2 unspecified atom stereocenters. The zero-order valence-corrected chi connectivity index (χ0v) is 16.0. The number of aromatic nitrogens is 1. The minimum Gasteiger partial charge on any atom is -0.342 e. The highest BCUT2D eigenvalue weighted by Gasteiger charge is 2.31. The molecule has 5 nitrogen and oxygen atoms in total. The van der Waals surface area contributed by atoms with E-state index in [1.54, 1.807) is 17.3 Å². The maximum absolute atomic E-state index is 13.0. The molecule has 1 aliphatic heterocycles. The van der Waals surface area contributed by atoms with Gasteiger partial charge >= 0.3 is 0 Å². The fraction of sp³-hybridized carbons (Fsp3) is 0.409. The zero-order chi connectivity index (χ0) is 19.2. The van der Waals surface area contributed by atoms with Gasteiger partial charge in [0.05, 0.1) is 18.4 Å². The van der Waals surface area contributed by atoms with Gasteiger partial charge in [-0.05, 0) is 43.0 Å². The first-order valence-electron chi connectivity index (χ1n) is 9.54. The summed E-state index contributed by atoms with van der Waals surface area (Å²) in [5, 5.41) is 0. The molecule has 3 rings (SSSR count). The van der Waals surface area contributed by atoms with Crippen molar-refractivity contribution in [3.05, 3.63) is 66.0 Å². The third-order valence-corrected chi connectivity index (χ3v) is 5.44. The van der Waals surface area contributed by atoms with Gasteiger partial charge in [0.2, 0.25) is 11.8 Å². The van der Waals surface area contributed by atoms with Gasteiger partial charge in [-0.3, -0.25) is 14.6 Å². The predicted octanol–water partition coefficient (Wildman–Crippen LogP) is 3.08. The number of hydrogen-bond acceptors (Lipinski definition) is 3. The van der Waals surface area contributed by atoms with E-state index >= 15 is 0 Å². The number of benzene rings is 1. The molecule has 2 aromatic rings. The molecule has 1 fully saturated rings. The lowest BCUT2D eigenvalue weighted by atomic mass is 9.95. The van der Waals surface area contributed by atoms with Crippen LogP contribution in [-0.2, 0) is 16.0 Å². The Balaban J connectivity index is 1.61. The molecule has 5 heteroatoms. The summed E-state index contributed by atoms with van der Waals surface area (Å²) in [5.41, 5.74) is 2.08. The molecule has 0 spiro atoms. The number of piperidine rings is 1. The predicted molar refractivity (Wildman–Crippen MR) is 105 cm³/mol. The van der Waals surface area contributed by atoms with Crippen LogP contribution in [0, 0.1) is 5.92 Å². The van der Waals surface area contributed by atoms with Gasteiger partial charge in [0.1, 0.15) is 0 Å². The highest BCUT2D eigenvalue weighted by atomic mass is 16.2. The molecule has 0 aliphatic carbocycles.